The molecule has 4 unspecified atom stereocenters. The van der Waals surface area contributed by atoms with Crippen molar-refractivity contribution in [2.24, 2.45) is 11.8 Å². The third kappa shape index (κ3) is 5.98. The van der Waals surface area contributed by atoms with Gasteiger partial charge in [-0.05, 0) is 63.2 Å². The van der Waals surface area contributed by atoms with Gasteiger partial charge < -0.3 is 4.74 Å². The number of hydrogen-bond acceptors (Lipinski definition) is 1. The van der Waals surface area contributed by atoms with Crippen molar-refractivity contribution in [1.29, 1.82) is 0 Å². The Bertz CT molecular complexity index is 299. The molecule has 1 nitrogen and oxygen atoms in total. The van der Waals surface area contributed by atoms with E-state index in [4.69, 9.17) is 4.74 Å². The summed E-state index contributed by atoms with van der Waals surface area (Å²) >= 11 is 0. The molecule has 0 aromatic heterocycles. The molecule has 0 N–H and O–H groups in total. The minimum absolute atomic E-state index is 0.518. The lowest BCUT2D eigenvalue weighted by Gasteiger charge is -2.34. The van der Waals surface area contributed by atoms with Crippen molar-refractivity contribution in [2.75, 3.05) is 0 Å². The van der Waals surface area contributed by atoms with Crippen LogP contribution in [0.2, 0.25) is 0 Å². The molecule has 2 fully saturated rings. The molecule has 2 aliphatic carbocycles. The molecule has 0 saturated heterocycles. The van der Waals surface area contributed by atoms with Crippen LogP contribution >= 0.6 is 0 Å². The van der Waals surface area contributed by atoms with Gasteiger partial charge in [-0.2, -0.15) is 0 Å². The molecule has 0 radical (unpaired) electrons. The van der Waals surface area contributed by atoms with Crippen LogP contribution in [0.1, 0.15) is 78.1 Å². The largest absolute Gasteiger partial charge is 0.375 e. The van der Waals surface area contributed by atoms with E-state index in [9.17, 15) is 0 Å². The van der Waals surface area contributed by atoms with Gasteiger partial charge in [-0.3, -0.25) is 0 Å². The molecule has 0 aromatic rings. The van der Waals surface area contributed by atoms with E-state index in [0.717, 1.165) is 24.7 Å². The summed E-state index contributed by atoms with van der Waals surface area (Å²) in [5.74, 6) is 1.53. The molecule has 0 spiro atoms. The van der Waals surface area contributed by atoms with E-state index in [-0.39, 0.29) is 0 Å². The van der Waals surface area contributed by atoms with Gasteiger partial charge >= 0.3 is 0 Å². The molecule has 0 heterocycles. The van der Waals surface area contributed by atoms with Crippen molar-refractivity contribution in [1.82, 2.24) is 0 Å². The zero-order valence-corrected chi connectivity index (χ0v) is 14.1. The molecule has 1 heteroatoms. The first-order valence-corrected chi connectivity index (χ1v) is 9.30. The van der Waals surface area contributed by atoms with E-state index in [0.29, 0.717) is 12.2 Å². The Labute approximate surface area is 131 Å². The average Bonchev–Trinajstić information content (AvgIpc) is 2.52. The van der Waals surface area contributed by atoms with Crippen LogP contribution in [-0.4, -0.2) is 12.2 Å². The Morgan fingerprint density at radius 1 is 0.762 bits per heavy atom. The first-order valence-electron chi connectivity index (χ1n) is 9.30. The first-order chi connectivity index (χ1) is 10.3. The Balaban J connectivity index is 1.77. The highest BCUT2D eigenvalue weighted by molar-refractivity contribution is 4.93. The number of allylic oxidation sites excluding steroid dienone is 4. The molecule has 0 bridgehead atoms. The monoisotopic (exact) mass is 290 g/mol. The van der Waals surface area contributed by atoms with E-state index < -0.39 is 0 Å². The van der Waals surface area contributed by atoms with Crippen LogP contribution in [0.5, 0.6) is 0 Å². The standard InChI is InChI=1S/C20H34O/c1-3-5-9-17-11-7-13-19(15-17)21-20-14-8-12-18(16-20)10-6-4-2/h5-6,9-10,17-20H,3-4,7-8,11-16H2,1-2H3. The number of hydrogen-bond donors (Lipinski definition) is 0. The van der Waals surface area contributed by atoms with Crippen molar-refractivity contribution < 1.29 is 4.74 Å². The quantitative estimate of drug-likeness (QED) is 0.541. The Morgan fingerprint density at radius 3 is 1.67 bits per heavy atom. The summed E-state index contributed by atoms with van der Waals surface area (Å²) in [6, 6.07) is 0. The van der Waals surface area contributed by atoms with E-state index >= 15 is 0 Å². The van der Waals surface area contributed by atoms with Gasteiger partial charge in [0.2, 0.25) is 0 Å². The summed E-state index contributed by atoms with van der Waals surface area (Å²) in [5, 5.41) is 0. The van der Waals surface area contributed by atoms with E-state index in [1.54, 1.807) is 0 Å². The van der Waals surface area contributed by atoms with Gasteiger partial charge in [0, 0.05) is 0 Å². The predicted molar refractivity (Wildman–Crippen MR) is 91.4 cm³/mol. The van der Waals surface area contributed by atoms with Gasteiger partial charge in [0.1, 0.15) is 0 Å². The summed E-state index contributed by atoms with van der Waals surface area (Å²) in [4.78, 5) is 0. The Hall–Kier alpha value is -0.560. The minimum atomic E-state index is 0.518. The van der Waals surface area contributed by atoms with Crippen LogP contribution in [0, 0.1) is 11.8 Å². The molecule has 4 atom stereocenters. The lowest BCUT2D eigenvalue weighted by molar-refractivity contribution is -0.0561. The fraction of sp³-hybridized carbons (Fsp3) is 0.800. The van der Waals surface area contributed by atoms with E-state index in [1.165, 1.54) is 51.4 Å². The van der Waals surface area contributed by atoms with Gasteiger partial charge in [0.15, 0.2) is 0 Å². The molecular weight excluding hydrogens is 256 g/mol. The Morgan fingerprint density at radius 2 is 1.24 bits per heavy atom. The molecule has 2 saturated carbocycles. The van der Waals surface area contributed by atoms with Crippen molar-refractivity contribution in [3.8, 4) is 0 Å². The van der Waals surface area contributed by atoms with E-state index in [2.05, 4.69) is 38.2 Å². The van der Waals surface area contributed by atoms with Gasteiger partial charge in [0.05, 0.1) is 12.2 Å². The summed E-state index contributed by atoms with van der Waals surface area (Å²) in [6.07, 6.45) is 23.4. The smallest absolute Gasteiger partial charge is 0.0584 e. The third-order valence-corrected chi connectivity index (χ3v) is 5.01. The predicted octanol–water partition coefficient (Wildman–Crippen LogP) is 6.05. The summed E-state index contributed by atoms with van der Waals surface area (Å²) in [7, 11) is 0. The summed E-state index contributed by atoms with van der Waals surface area (Å²) in [6.45, 7) is 4.44. The first kappa shape index (κ1) is 16.8. The van der Waals surface area contributed by atoms with E-state index in [1.807, 2.05) is 0 Å². The highest BCUT2D eigenvalue weighted by atomic mass is 16.5. The van der Waals surface area contributed by atoms with Gasteiger partial charge in [-0.1, -0.05) is 51.0 Å². The molecular formula is C20H34O. The maximum Gasteiger partial charge on any atom is 0.0584 e. The molecule has 21 heavy (non-hydrogen) atoms. The SMILES string of the molecule is CCC=CC1CCCC(OC2CCCC(C=CCC)C2)C1. The van der Waals surface area contributed by atoms with Crippen molar-refractivity contribution >= 4 is 0 Å². The molecule has 2 rings (SSSR count). The second kappa shape index (κ2) is 9.46. The van der Waals surface area contributed by atoms with Crippen LogP contribution in [0.25, 0.3) is 0 Å². The zero-order valence-electron chi connectivity index (χ0n) is 14.1. The van der Waals surface area contributed by atoms with Crippen molar-refractivity contribution in [3.63, 3.8) is 0 Å². The lowest BCUT2D eigenvalue weighted by atomic mass is 9.84. The molecule has 0 aliphatic heterocycles. The lowest BCUT2D eigenvalue weighted by Crippen LogP contribution is -2.30. The third-order valence-electron chi connectivity index (χ3n) is 5.01. The number of rotatable bonds is 6. The second-order valence-corrected chi connectivity index (χ2v) is 6.91. The van der Waals surface area contributed by atoms with Crippen LogP contribution < -0.4 is 0 Å². The minimum Gasteiger partial charge on any atom is -0.375 e. The number of ether oxygens (including phenoxy) is 1. The van der Waals surface area contributed by atoms with Crippen molar-refractivity contribution in [2.45, 2.75) is 90.3 Å². The molecule has 2 aliphatic rings. The topological polar surface area (TPSA) is 9.23 Å². The highest BCUT2D eigenvalue weighted by Gasteiger charge is 2.27. The van der Waals surface area contributed by atoms with Crippen LogP contribution in [0.3, 0.4) is 0 Å². The average molecular weight is 290 g/mol. The second-order valence-electron chi connectivity index (χ2n) is 6.91. The van der Waals surface area contributed by atoms with Gasteiger partial charge in [-0.25, -0.2) is 0 Å². The summed E-state index contributed by atoms with van der Waals surface area (Å²) < 4.78 is 6.48. The van der Waals surface area contributed by atoms with Crippen LogP contribution in [0.15, 0.2) is 24.3 Å². The molecule has 120 valence electrons. The zero-order chi connectivity index (χ0) is 14.9. The van der Waals surface area contributed by atoms with Crippen molar-refractivity contribution in [3.05, 3.63) is 24.3 Å². The normalized spacial score (nSPS) is 34.8. The maximum atomic E-state index is 6.48. The van der Waals surface area contributed by atoms with Crippen LogP contribution in [0.4, 0.5) is 0 Å². The molecule has 0 aromatic carbocycles. The molecule has 0 amide bonds. The highest BCUT2D eigenvalue weighted by Crippen LogP contribution is 2.33. The van der Waals surface area contributed by atoms with Gasteiger partial charge in [0.25, 0.3) is 0 Å². The van der Waals surface area contributed by atoms with Crippen LogP contribution in [-0.2, 0) is 4.74 Å². The summed E-state index contributed by atoms with van der Waals surface area (Å²) in [5.41, 5.74) is 0. The fourth-order valence-corrected chi connectivity index (χ4v) is 3.89. The fourth-order valence-electron chi connectivity index (χ4n) is 3.89. The Kier molecular flexibility index (Phi) is 7.57. The maximum absolute atomic E-state index is 6.48. The van der Waals surface area contributed by atoms with Gasteiger partial charge in [-0.15, -0.1) is 0 Å².